The number of ether oxygens (including phenoxy) is 1. The van der Waals surface area contributed by atoms with Crippen molar-refractivity contribution in [2.45, 2.75) is 6.61 Å². The summed E-state index contributed by atoms with van der Waals surface area (Å²) in [4.78, 5) is 14.6. The van der Waals surface area contributed by atoms with E-state index in [4.69, 9.17) is 16.3 Å². The molecule has 7 nitrogen and oxygen atoms in total. The summed E-state index contributed by atoms with van der Waals surface area (Å²) in [5, 5.41) is 17.6. The highest BCUT2D eigenvalue weighted by Crippen LogP contribution is 2.28. The maximum Gasteiger partial charge on any atom is 0.288 e. The van der Waals surface area contributed by atoms with Gasteiger partial charge in [0.25, 0.3) is 5.69 Å². The standard InChI is InChI=1S/C15H10ClFN4O3/c16-12-6-1-9(7-13(12)21(22)23)15-18-14(19-20-15)8-24-11-4-2-10(17)3-5-11/h1-7H,8H2,(H,18,19,20). The number of halogens is 2. The molecule has 0 saturated heterocycles. The summed E-state index contributed by atoms with van der Waals surface area (Å²) in [6, 6.07) is 9.87. The van der Waals surface area contributed by atoms with Crippen LogP contribution in [0.4, 0.5) is 10.1 Å². The van der Waals surface area contributed by atoms with E-state index in [0.717, 1.165) is 0 Å². The summed E-state index contributed by atoms with van der Waals surface area (Å²) in [5.74, 6) is 0.838. The number of hydrogen-bond acceptors (Lipinski definition) is 5. The first-order valence-corrected chi connectivity index (χ1v) is 7.14. The van der Waals surface area contributed by atoms with Gasteiger partial charge in [-0.1, -0.05) is 11.6 Å². The van der Waals surface area contributed by atoms with Crippen molar-refractivity contribution in [2.24, 2.45) is 0 Å². The first-order valence-electron chi connectivity index (χ1n) is 6.77. The van der Waals surface area contributed by atoms with Gasteiger partial charge in [0.1, 0.15) is 23.2 Å². The number of aromatic amines is 1. The van der Waals surface area contributed by atoms with Crippen LogP contribution in [0.5, 0.6) is 5.75 Å². The predicted molar refractivity (Wildman–Crippen MR) is 84.2 cm³/mol. The molecule has 0 spiro atoms. The van der Waals surface area contributed by atoms with Crippen molar-refractivity contribution in [2.75, 3.05) is 0 Å². The number of nitrogens with one attached hydrogen (secondary N) is 1. The first-order chi connectivity index (χ1) is 11.5. The molecule has 0 aliphatic rings. The molecule has 1 N–H and O–H groups in total. The summed E-state index contributed by atoms with van der Waals surface area (Å²) in [6.45, 7) is 0.0916. The van der Waals surface area contributed by atoms with E-state index in [1.807, 2.05) is 0 Å². The van der Waals surface area contributed by atoms with Crippen molar-refractivity contribution in [3.8, 4) is 17.1 Å². The summed E-state index contributed by atoms with van der Waals surface area (Å²) < 4.78 is 18.3. The van der Waals surface area contributed by atoms with Crippen LogP contribution in [0.2, 0.25) is 5.02 Å². The molecule has 0 amide bonds. The van der Waals surface area contributed by atoms with Crippen molar-refractivity contribution in [1.29, 1.82) is 0 Å². The molecule has 0 fully saturated rings. The van der Waals surface area contributed by atoms with Crippen LogP contribution in [0.15, 0.2) is 42.5 Å². The number of nitro groups is 1. The number of aromatic nitrogens is 3. The second-order valence-electron chi connectivity index (χ2n) is 4.77. The lowest BCUT2D eigenvalue weighted by molar-refractivity contribution is -0.384. The van der Waals surface area contributed by atoms with E-state index < -0.39 is 4.92 Å². The maximum absolute atomic E-state index is 12.8. The topological polar surface area (TPSA) is 93.9 Å². The Kier molecular flexibility index (Phi) is 4.39. The van der Waals surface area contributed by atoms with E-state index in [1.165, 1.54) is 36.4 Å². The monoisotopic (exact) mass is 348 g/mol. The molecule has 0 unspecified atom stereocenters. The molecule has 0 radical (unpaired) electrons. The van der Waals surface area contributed by atoms with Gasteiger partial charge in [-0.15, -0.1) is 0 Å². The molecule has 122 valence electrons. The molecule has 0 atom stereocenters. The highest BCUT2D eigenvalue weighted by atomic mass is 35.5. The van der Waals surface area contributed by atoms with Gasteiger partial charge in [0, 0.05) is 11.6 Å². The summed E-state index contributed by atoms with van der Waals surface area (Å²) in [5.41, 5.74) is 0.235. The van der Waals surface area contributed by atoms with E-state index in [2.05, 4.69) is 15.2 Å². The number of nitro benzene ring substituents is 1. The normalized spacial score (nSPS) is 10.6. The van der Waals surface area contributed by atoms with Crippen LogP contribution in [0.3, 0.4) is 0 Å². The fourth-order valence-corrected chi connectivity index (χ4v) is 2.15. The van der Waals surface area contributed by atoms with Crippen LogP contribution in [-0.2, 0) is 6.61 Å². The lowest BCUT2D eigenvalue weighted by Gasteiger charge is -2.02. The zero-order chi connectivity index (χ0) is 17.1. The Bertz CT molecular complexity index is 883. The number of rotatable bonds is 5. The molecule has 2 aromatic carbocycles. The Hall–Kier alpha value is -3.00. The summed E-state index contributed by atoms with van der Waals surface area (Å²) in [7, 11) is 0. The van der Waals surface area contributed by atoms with Gasteiger partial charge in [-0.2, -0.15) is 5.10 Å². The molecular weight excluding hydrogens is 339 g/mol. The van der Waals surface area contributed by atoms with Gasteiger partial charge in [0.2, 0.25) is 0 Å². The van der Waals surface area contributed by atoms with Gasteiger partial charge in [0.05, 0.1) is 4.92 Å². The third-order valence-electron chi connectivity index (χ3n) is 3.12. The summed E-state index contributed by atoms with van der Waals surface area (Å²) in [6.07, 6.45) is 0. The Morgan fingerprint density at radius 1 is 1.25 bits per heavy atom. The van der Waals surface area contributed by atoms with Gasteiger partial charge in [-0.25, -0.2) is 9.37 Å². The van der Waals surface area contributed by atoms with Crippen molar-refractivity contribution >= 4 is 17.3 Å². The number of benzene rings is 2. The largest absolute Gasteiger partial charge is 0.486 e. The Morgan fingerprint density at radius 3 is 2.71 bits per heavy atom. The lowest BCUT2D eigenvalue weighted by atomic mass is 10.2. The average Bonchev–Trinajstić information content (AvgIpc) is 3.03. The van der Waals surface area contributed by atoms with E-state index in [1.54, 1.807) is 6.07 Å². The minimum Gasteiger partial charge on any atom is -0.486 e. The third kappa shape index (κ3) is 3.49. The smallest absolute Gasteiger partial charge is 0.288 e. The van der Waals surface area contributed by atoms with E-state index >= 15 is 0 Å². The van der Waals surface area contributed by atoms with E-state index in [-0.39, 0.29) is 29.0 Å². The van der Waals surface area contributed by atoms with Gasteiger partial charge in [-0.3, -0.25) is 15.2 Å². The Balaban J connectivity index is 1.74. The van der Waals surface area contributed by atoms with Crippen molar-refractivity contribution in [1.82, 2.24) is 15.2 Å². The van der Waals surface area contributed by atoms with Gasteiger partial charge in [0.15, 0.2) is 11.6 Å². The fraction of sp³-hybridized carbons (Fsp3) is 0.0667. The zero-order valence-corrected chi connectivity index (χ0v) is 12.8. The molecule has 24 heavy (non-hydrogen) atoms. The lowest BCUT2D eigenvalue weighted by Crippen LogP contribution is -1.97. The molecule has 0 aliphatic carbocycles. The second-order valence-corrected chi connectivity index (χ2v) is 5.18. The van der Waals surface area contributed by atoms with Crippen molar-refractivity contribution in [3.05, 3.63) is 69.2 Å². The quantitative estimate of drug-likeness (QED) is 0.559. The van der Waals surface area contributed by atoms with E-state index in [0.29, 0.717) is 17.1 Å². The fourth-order valence-electron chi connectivity index (χ4n) is 1.96. The van der Waals surface area contributed by atoms with Crippen LogP contribution < -0.4 is 4.74 Å². The van der Waals surface area contributed by atoms with Gasteiger partial charge < -0.3 is 4.74 Å². The Labute approximate surface area is 140 Å². The average molecular weight is 349 g/mol. The van der Waals surface area contributed by atoms with Crippen LogP contribution in [0.1, 0.15) is 5.82 Å². The highest BCUT2D eigenvalue weighted by molar-refractivity contribution is 6.32. The third-order valence-corrected chi connectivity index (χ3v) is 3.44. The number of hydrogen-bond donors (Lipinski definition) is 1. The molecule has 3 rings (SSSR count). The maximum atomic E-state index is 12.8. The van der Waals surface area contributed by atoms with Crippen LogP contribution in [-0.4, -0.2) is 20.1 Å². The second kappa shape index (κ2) is 6.63. The molecule has 1 heterocycles. The molecule has 1 aromatic heterocycles. The summed E-state index contributed by atoms with van der Waals surface area (Å²) >= 11 is 5.78. The minimum atomic E-state index is -0.572. The molecular formula is C15H10ClFN4O3. The molecule has 0 aliphatic heterocycles. The van der Waals surface area contributed by atoms with Crippen LogP contribution in [0.25, 0.3) is 11.4 Å². The van der Waals surface area contributed by atoms with E-state index in [9.17, 15) is 14.5 Å². The SMILES string of the molecule is O=[N+]([O-])c1cc(-c2n[nH]c(COc3ccc(F)cc3)n2)ccc1Cl. The van der Waals surface area contributed by atoms with Crippen LogP contribution in [0, 0.1) is 15.9 Å². The zero-order valence-electron chi connectivity index (χ0n) is 12.1. The highest BCUT2D eigenvalue weighted by Gasteiger charge is 2.15. The predicted octanol–water partition coefficient (Wildman–Crippen LogP) is 3.75. The van der Waals surface area contributed by atoms with Crippen LogP contribution >= 0.6 is 11.6 Å². The van der Waals surface area contributed by atoms with Crippen molar-refractivity contribution in [3.63, 3.8) is 0 Å². The Morgan fingerprint density at radius 2 is 2.00 bits per heavy atom. The number of H-pyrrole nitrogens is 1. The van der Waals surface area contributed by atoms with Gasteiger partial charge >= 0.3 is 0 Å². The molecule has 9 heteroatoms. The van der Waals surface area contributed by atoms with Gasteiger partial charge in [-0.05, 0) is 36.4 Å². The number of nitrogens with zero attached hydrogens (tertiary/aromatic N) is 3. The molecule has 3 aromatic rings. The minimum absolute atomic E-state index is 0.0409. The molecule has 0 bridgehead atoms. The molecule has 0 saturated carbocycles. The van der Waals surface area contributed by atoms with Crippen molar-refractivity contribution < 1.29 is 14.1 Å². The first kappa shape index (κ1) is 15.9.